The first-order valence-corrected chi connectivity index (χ1v) is 6.64. The van der Waals surface area contributed by atoms with E-state index in [4.69, 9.17) is 4.74 Å². The van der Waals surface area contributed by atoms with Gasteiger partial charge in [-0.15, -0.1) is 0 Å². The molecule has 2 atom stereocenters. The third-order valence-corrected chi connectivity index (χ3v) is 3.13. The Labute approximate surface area is 110 Å². The molecule has 0 aromatic heterocycles. The SMILES string of the molecule is COCCC(C)NC(C)CCc1ccc(O)cc1. The first kappa shape index (κ1) is 15.0. The second-order valence-electron chi connectivity index (χ2n) is 4.96. The van der Waals surface area contributed by atoms with E-state index in [-0.39, 0.29) is 0 Å². The number of phenolic OH excluding ortho intramolecular Hbond substituents is 1. The number of aromatic hydroxyl groups is 1. The lowest BCUT2D eigenvalue weighted by Gasteiger charge is -2.19. The van der Waals surface area contributed by atoms with Crippen molar-refractivity contribution >= 4 is 0 Å². The number of phenols is 1. The third-order valence-electron chi connectivity index (χ3n) is 3.13. The Morgan fingerprint density at radius 3 is 2.33 bits per heavy atom. The Morgan fingerprint density at radius 2 is 1.72 bits per heavy atom. The summed E-state index contributed by atoms with van der Waals surface area (Å²) >= 11 is 0. The molecule has 1 rings (SSSR count). The lowest BCUT2D eigenvalue weighted by atomic mass is 10.1. The molecule has 0 bridgehead atoms. The highest BCUT2D eigenvalue weighted by molar-refractivity contribution is 5.25. The maximum Gasteiger partial charge on any atom is 0.115 e. The van der Waals surface area contributed by atoms with E-state index in [1.54, 1.807) is 19.2 Å². The van der Waals surface area contributed by atoms with Crippen molar-refractivity contribution in [3.05, 3.63) is 29.8 Å². The molecule has 1 aromatic carbocycles. The molecule has 102 valence electrons. The van der Waals surface area contributed by atoms with Crippen LogP contribution in [0.3, 0.4) is 0 Å². The molecule has 0 radical (unpaired) electrons. The van der Waals surface area contributed by atoms with Gasteiger partial charge in [0.25, 0.3) is 0 Å². The van der Waals surface area contributed by atoms with Crippen molar-refractivity contribution in [2.45, 2.75) is 45.2 Å². The zero-order valence-corrected chi connectivity index (χ0v) is 11.6. The Hall–Kier alpha value is -1.06. The zero-order chi connectivity index (χ0) is 13.4. The van der Waals surface area contributed by atoms with Crippen LogP contribution in [0.15, 0.2) is 24.3 Å². The van der Waals surface area contributed by atoms with Crippen molar-refractivity contribution in [1.29, 1.82) is 0 Å². The minimum absolute atomic E-state index is 0.332. The van der Waals surface area contributed by atoms with Gasteiger partial charge in [-0.25, -0.2) is 0 Å². The lowest BCUT2D eigenvalue weighted by Crippen LogP contribution is -2.35. The van der Waals surface area contributed by atoms with Crippen LogP contribution in [0.25, 0.3) is 0 Å². The quantitative estimate of drug-likeness (QED) is 0.746. The Balaban J connectivity index is 2.24. The van der Waals surface area contributed by atoms with Crippen molar-refractivity contribution in [1.82, 2.24) is 5.32 Å². The smallest absolute Gasteiger partial charge is 0.115 e. The van der Waals surface area contributed by atoms with Crippen LogP contribution in [0.2, 0.25) is 0 Å². The van der Waals surface area contributed by atoms with Crippen LogP contribution >= 0.6 is 0 Å². The van der Waals surface area contributed by atoms with E-state index in [1.807, 2.05) is 12.1 Å². The molecular weight excluding hydrogens is 226 g/mol. The predicted octanol–water partition coefficient (Wildman–Crippen LogP) is 2.73. The molecule has 0 aliphatic heterocycles. The largest absolute Gasteiger partial charge is 0.508 e. The van der Waals surface area contributed by atoms with Crippen LogP contribution in [-0.4, -0.2) is 30.9 Å². The predicted molar refractivity (Wildman–Crippen MR) is 75.0 cm³/mol. The summed E-state index contributed by atoms with van der Waals surface area (Å²) in [6.07, 6.45) is 3.17. The van der Waals surface area contributed by atoms with Crippen LogP contribution < -0.4 is 5.32 Å². The molecule has 18 heavy (non-hydrogen) atoms. The molecule has 0 fully saturated rings. The van der Waals surface area contributed by atoms with Gasteiger partial charge in [0.2, 0.25) is 0 Å². The number of hydrogen-bond donors (Lipinski definition) is 2. The Morgan fingerprint density at radius 1 is 1.11 bits per heavy atom. The van der Waals surface area contributed by atoms with Gasteiger partial charge in [-0.1, -0.05) is 12.1 Å². The first-order chi connectivity index (χ1) is 8.61. The molecule has 1 aromatic rings. The van der Waals surface area contributed by atoms with Crippen LogP contribution in [0.5, 0.6) is 5.75 Å². The summed E-state index contributed by atoms with van der Waals surface area (Å²) in [5.74, 6) is 0.332. The van der Waals surface area contributed by atoms with E-state index in [0.717, 1.165) is 25.9 Å². The molecule has 3 heteroatoms. The van der Waals surface area contributed by atoms with Crippen molar-refractivity contribution in [3.8, 4) is 5.75 Å². The van der Waals surface area contributed by atoms with Gasteiger partial charge in [-0.3, -0.25) is 0 Å². The second kappa shape index (κ2) is 8.11. The average Bonchev–Trinajstić information content (AvgIpc) is 2.35. The molecule has 0 aliphatic carbocycles. The summed E-state index contributed by atoms with van der Waals surface area (Å²) in [5, 5.41) is 12.8. The Bertz CT molecular complexity index is 324. The third kappa shape index (κ3) is 6.03. The van der Waals surface area contributed by atoms with E-state index >= 15 is 0 Å². The Kier molecular flexibility index (Phi) is 6.76. The number of nitrogens with one attached hydrogen (secondary N) is 1. The molecule has 2 unspecified atom stereocenters. The van der Waals surface area contributed by atoms with Crippen LogP contribution in [-0.2, 0) is 11.2 Å². The number of ether oxygens (including phenoxy) is 1. The van der Waals surface area contributed by atoms with Gasteiger partial charge in [0, 0.05) is 25.8 Å². The highest BCUT2D eigenvalue weighted by Gasteiger charge is 2.07. The van der Waals surface area contributed by atoms with Crippen LogP contribution in [0.4, 0.5) is 0 Å². The van der Waals surface area contributed by atoms with Crippen molar-refractivity contribution in [3.63, 3.8) is 0 Å². The van der Waals surface area contributed by atoms with Crippen molar-refractivity contribution < 1.29 is 9.84 Å². The molecule has 0 aliphatic rings. The van der Waals surface area contributed by atoms with Crippen LogP contribution in [0.1, 0.15) is 32.3 Å². The molecule has 3 nitrogen and oxygen atoms in total. The highest BCUT2D eigenvalue weighted by atomic mass is 16.5. The van der Waals surface area contributed by atoms with E-state index in [0.29, 0.717) is 17.8 Å². The topological polar surface area (TPSA) is 41.5 Å². The number of benzene rings is 1. The van der Waals surface area contributed by atoms with Gasteiger partial charge in [0.15, 0.2) is 0 Å². The summed E-state index contributed by atoms with van der Waals surface area (Å²) in [6.45, 7) is 5.21. The van der Waals surface area contributed by atoms with Crippen molar-refractivity contribution in [2.75, 3.05) is 13.7 Å². The van der Waals surface area contributed by atoms with E-state index < -0.39 is 0 Å². The van der Waals surface area contributed by atoms with E-state index in [1.165, 1.54) is 5.56 Å². The van der Waals surface area contributed by atoms with Gasteiger partial charge in [0.1, 0.15) is 5.75 Å². The highest BCUT2D eigenvalue weighted by Crippen LogP contribution is 2.12. The number of rotatable bonds is 8. The summed E-state index contributed by atoms with van der Waals surface area (Å²) in [7, 11) is 1.74. The van der Waals surface area contributed by atoms with Gasteiger partial charge in [-0.05, 0) is 50.8 Å². The maximum atomic E-state index is 9.21. The molecule has 0 amide bonds. The summed E-state index contributed by atoms with van der Waals surface area (Å²) in [5.41, 5.74) is 1.27. The van der Waals surface area contributed by atoms with Gasteiger partial charge in [0.05, 0.1) is 0 Å². The molecular formula is C15H25NO2. The fraction of sp³-hybridized carbons (Fsp3) is 0.600. The number of aryl methyl sites for hydroxylation is 1. The van der Waals surface area contributed by atoms with Gasteiger partial charge >= 0.3 is 0 Å². The maximum absolute atomic E-state index is 9.21. The van der Waals surface area contributed by atoms with Gasteiger partial charge < -0.3 is 15.2 Å². The molecule has 0 saturated heterocycles. The fourth-order valence-electron chi connectivity index (χ4n) is 1.99. The first-order valence-electron chi connectivity index (χ1n) is 6.64. The van der Waals surface area contributed by atoms with E-state index in [9.17, 15) is 5.11 Å². The van der Waals surface area contributed by atoms with Crippen molar-refractivity contribution in [2.24, 2.45) is 0 Å². The molecule has 0 spiro atoms. The monoisotopic (exact) mass is 251 g/mol. The summed E-state index contributed by atoms with van der Waals surface area (Å²) in [4.78, 5) is 0. The van der Waals surface area contributed by atoms with Gasteiger partial charge in [-0.2, -0.15) is 0 Å². The molecule has 2 N–H and O–H groups in total. The minimum Gasteiger partial charge on any atom is -0.508 e. The molecule has 0 saturated carbocycles. The zero-order valence-electron chi connectivity index (χ0n) is 11.6. The number of methoxy groups -OCH3 is 1. The standard InChI is InChI=1S/C15H25NO2/c1-12(16-13(2)10-11-18-3)4-5-14-6-8-15(17)9-7-14/h6-9,12-13,16-17H,4-5,10-11H2,1-3H3. The minimum atomic E-state index is 0.332. The summed E-state index contributed by atoms with van der Waals surface area (Å²) in [6, 6.07) is 8.43. The second-order valence-corrected chi connectivity index (χ2v) is 4.96. The fourth-order valence-corrected chi connectivity index (χ4v) is 1.99. The normalized spacial score (nSPS) is 14.4. The molecule has 0 heterocycles. The number of hydrogen-bond acceptors (Lipinski definition) is 3. The summed E-state index contributed by atoms with van der Waals surface area (Å²) < 4.78 is 5.07. The van der Waals surface area contributed by atoms with Crippen LogP contribution in [0, 0.1) is 0 Å². The average molecular weight is 251 g/mol. The lowest BCUT2D eigenvalue weighted by molar-refractivity contribution is 0.182. The van der Waals surface area contributed by atoms with E-state index in [2.05, 4.69) is 19.2 Å².